The summed E-state index contributed by atoms with van der Waals surface area (Å²) in [5.41, 5.74) is 1.24. The summed E-state index contributed by atoms with van der Waals surface area (Å²) in [5.74, 6) is 0.183. The number of rotatable bonds is 2. The lowest BCUT2D eigenvalue weighted by Crippen LogP contribution is -2.57. The van der Waals surface area contributed by atoms with Gasteiger partial charge in [-0.15, -0.1) is 0 Å². The number of piperidine rings is 1. The third-order valence-corrected chi connectivity index (χ3v) is 7.32. The van der Waals surface area contributed by atoms with E-state index < -0.39 is 5.72 Å². The number of carbonyl (C=O) groups excluding carboxylic acids is 3. The number of hydrogen-bond donors (Lipinski definition) is 0. The third-order valence-electron chi connectivity index (χ3n) is 7.32. The number of likely N-dealkylation sites (tertiary alicyclic amines) is 2. The number of aryl methyl sites for hydroxylation is 1. The van der Waals surface area contributed by atoms with Gasteiger partial charge in [0.1, 0.15) is 0 Å². The molecule has 4 fully saturated rings. The van der Waals surface area contributed by atoms with Crippen LogP contribution >= 0.6 is 0 Å². The first-order valence-electron chi connectivity index (χ1n) is 11.1. The molecule has 1 spiro atoms. The van der Waals surface area contributed by atoms with Crippen molar-refractivity contribution < 1.29 is 19.1 Å². The van der Waals surface area contributed by atoms with E-state index in [0.717, 1.165) is 18.5 Å². The van der Waals surface area contributed by atoms with Crippen molar-refractivity contribution in [2.75, 3.05) is 32.8 Å². The summed E-state index contributed by atoms with van der Waals surface area (Å²) in [6, 6.07) is 7.47. The summed E-state index contributed by atoms with van der Waals surface area (Å²) in [7, 11) is 0. The minimum Gasteiger partial charge on any atom is -0.353 e. The number of benzene rings is 1. The second kappa shape index (κ2) is 7.38. The maximum Gasteiger partial charge on any atom is 0.253 e. The third kappa shape index (κ3) is 3.02. The molecule has 4 aliphatic heterocycles. The molecule has 1 aromatic carbocycles. The van der Waals surface area contributed by atoms with Gasteiger partial charge < -0.3 is 19.4 Å². The van der Waals surface area contributed by atoms with Crippen LogP contribution in [0.1, 0.15) is 48.0 Å². The van der Waals surface area contributed by atoms with E-state index in [4.69, 9.17) is 4.74 Å². The standard InChI is InChI=1S/C23H29N3O4/c1-16-3-5-17(6-4-16)21(28)24-11-7-18(8-12-24)22(29)25-13-9-23-19(25)15-20(27)26(23)10-2-14-30-23/h3-6,18-19H,2,7-15H2,1H3/t19-,23+/m1/s1. The van der Waals surface area contributed by atoms with Crippen LogP contribution < -0.4 is 0 Å². The molecule has 30 heavy (non-hydrogen) atoms. The summed E-state index contributed by atoms with van der Waals surface area (Å²) in [4.78, 5) is 44.2. The molecule has 5 rings (SSSR count). The highest BCUT2D eigenvalue weighted by atomic mass is 16.5. The summed E-state index contributed by atoms with van der Waals surface area (Å²) >= 11 is 0. The second-order valence-electron chi connectivity index (χ2n) is 9.03. The van der Waals surface area contributed by atoms with Crippen LogP contribution in [0.25, 0.3) is 0 Å². The van der Waals surface area contributed by atoms with Crippen molar-refractivity contribution in [3.63, 3.8) is 0 Å². The Kier molecular flexibility index (Phi) is 4.81. The van der Waals surface area contributed by atoms with Gasteiger partial charge in [-0.25, -0.2) is 0 Å². The zero-order valence-corrected chi connectivity index (χ0v) is 17.5. The zero-order chi connectivity index (χ0) is 20.9. The van der Waals surface area contributed by atoms with Gasteiger partial charge in [-0.05, 0) is 38.3 Å². The molecule has 1 aromatic rings. The fourth-order valence-electron chi connectivity index (χ4n) is 5.66. The molecule has 0 radical (unpaired) electrons. The van der Waals surface area contributed by atoms with E-state index in [1.165, 1.54) is 0 Å². The first kappa shape index (κ1) is 19.5. The van der Waals surface area contributed by atoms with Gasteiger partial charge in [-0.3, -0.25) is 14.4 Å². The van der Waals surface area contributed by atoms with E-state index in [9.17, 15) is 14.4 Å². The van der Waals surface area contributed by atoms with Crippen LogP contribution in [-0.2, 0) is 14.3 Å². The molecule has 2 atom stereocenters. The molecule has 160 valence electrons. The minimum atomic E-state index is -0.590. The van der Waals surface area contributed by atoms with E-state index in [0.29, 0.717) is 57.5 Å². The van der Waals surface area contributed by atoms with Crippen molar-refractivity contribution in [1.29, 1.82) is 0 Å². The summed E-state index contributed by atoms with van der Waals surface area (Å²) in [5, 5.41) is 0. The molecule has 0 aliphatic carbocycles. The second-order valence-corrected chi connectivity index (χ2v) is 9.03. The highest BCUT2D eigenvalue weighted by Crippen LogP contribution is 2.45. The van der Waals surface area contributed by atoms with Crippen LogP contribution in [-0.4, -0.2) is 77.0 Å². The van der Waals surface area contributed by atoms with E-state index in [-0.39, 0.29) is 29.7 Å². The lowest BCUT2D eigenvalue weighted by Gasteiger charge is -2.42. The number of carbonyl (C=O) groups is 3. The van der Waals surface area contributed by atoms with Gasteiger partial charge in [0.05, 0.1) is 19.1 Å². The molecule has 0 bridgehead atoms. The van der Waals surface area contributed by atoms with Gasteiger partial charge >= 0.3 is 0 Å². The van der Waals surface area contributed by atoms with E-state index in [1.807, 2.05) is 45.9 Å². The predicted molar refractivity (Wildman–Crippen MR) is 110 cm³/mol. The summed E-state index contributed by atoms with van der Waals surface area (Å²) < 4.78 is 6.12. The molecule has 3 amide bonds. The van der Waals surface area contributed by atoms with Gasteiger partial charge in [0.2, 0.25) is 11.8 Å². The van der Waals surface area contributed by atoms with Crippen LogP contribution in [0.5, 0.6) is 0 Å². The average molecular weight is 412 g/mol. The monoisotopic (exact) mass is 411 g/mol. The molecular weight excluding hydrogens is 382 g/mol. The van der Waals surface area contributed by atoms with Crippen molar-refractivity contribution >= 4 is 17.7 Å². The Hall–Kier alpha value is -2.41. The smallest absolute Gasteiger partial charge is 0.253 e. The van der Waals surface area contributed by atoms with Gasteiger partial charge in [0, 0.05) is 44.1 Å². The molecule has 0 N–H and O–H groups in total. The Morgan fingerprint density at radius 3 is 2.53 bits per heavy atom. The summed E-state index contributed by atoms with van der Waals surface area (Å²) in [6.07, 6.45) is 3.29. The lowest BCUT2D eigenvalue weighted by atomic mass is 9.94. The number of hydrogen-bond acceptors (Lipinski definition) is 4. The fourth-order valence-corrected chi connectivity index (χ4v) is 5.66. The molecule has 7 heteroatoms. The van der Waals surface area contributed by atoms with Crippen LogP contribution in [0.4, 0.5) is 0 Å². The normalized spacial score (nSPS) is 29.2. The average Bonchev–Trinajstić information content (AvgIpc) is 3.25. The van der Waals surface area contributed by atoms with Crippen molar-refractivity contribution in [3.8, 4) is 0 Å². The van der Waals surface area contributed by atoms with Crippen molar-refractivity contribution in [1.82, 2.24) is 14.7 Å². The Bertz CT molecular complexity index is 862. The quantitative estimate of drug-likeness (QED) is 0.744. The lowest BCUT2D eigenvalue weighted by molar-refractivity contribution is -0.182. The minimum absolute atomic E-state index is 0.0358. The van der Waals surface area contributed by atoms with Crippen LogP contribution in [0, 0.1) is 12.8 Å². The Balaban J connectivity index is 1.23. The predicted octanol–water partition coefficient (Wildman–Crippen LogP) is 1.80. The van der Waals surface area contributed by atoms with Crippen molar-refractivity contribution in [2.45, 2.75) is 50.8 Å². The Morgan fingerprint density at radius 2 is 1.80 bits per heavy atom. The maximum atomic E-state index is 13.3. The first-order valence-corrected chi connectivity index (χ1v) is 11.1. The van der Waals surface area contributed by atoms with Gasteiger partial charge in [-0.1, -0.05) is 17.7 Å². The molecule has 4 aliphatic rings. The topological polar surface area (TPSA) is 70.2 Å². The van der Waals surface area contributed by atoms with Gasteiger partial charge in [-0.2, -0.15) is 0 Å². The molecule has 4 heterocycles. The molecule has 0 unspecified atom stereocenters. The molecular formula is C23H29N3O4. The van der Waals surface area contributed by atoms with Crippen LogP contribution in [0.15, 0.2) is 24.3 Å². The highest BCUT2D eigenvalue weighted by molar-refractivity contribution is 5.94. The molecule has 7 nitrogen and oxygen atoms in total. The SMILES string of the molecule is Cc1ccc(C(=O)N2CCC(C(=O)N3CC[C@@]45OCCCN4C(=O)C[C@@H]35)CC2)cc1. The fraction of sp³-hybridized carbons (Fsp3) is 0.609. The molecule has 0 aromatic heterocycles. The maximum absolute atomic E-state index is 13.3. The van der Waals surface area contributed by atoms with E-state index in [2.05, 4.69) is 0 Å². The van der Waals surface area contributed by atoms with Crippen LogP contribution in [0.3, 0.4) is 0 Å². The first-order chi connectivity index (χ1) is 14.5. The Morgan fingerprint density at radius 1 is 1.07 bits per heavy atom. The van der Waals surface area contributed by atoms with E-state index in [1.54, 1.807) is 0 Å². The number of ether oxygens (including phenoxy) is 1. The van der Waals surface area contributed by atoms with Crippen LogP contribution in [0.2, 0.25) is 0 Å². The van der Waals surface area contributed by atoms with Gasteiger partial charge in [0.25, 0.3) is 5.91 Å². The molecule has 4 saturated heterocycles. The Labute approximate surface area is 176 Å². The highest BCUT2D eigenvalue weighted by Gasteiger charge is 2.61. The van der Waals surface area contributed by atoms with Gasteiger partial charge in [0.15, 0.2) is 5.72 Å². The summed E-state index contributed by atoms with van der Waals surface area (Å²) in [6.45, 7) is 5.22. The number of nitrogens with zero attached hydrogens (tertiary/aromatic N) is 3. The zero-order valence-electron chi connectivity index (χ0n) is 17.5. The van der Waals surface area contributed by atoms with E-state index >= 15 is 0 Å². The van der Waals surface area contributed by atoms with Crippen molar-refractivity contribution in [2.24, 2.45) is 5.92 Å². The largest absolute Gasteiger partial charge is 0.353 e. The molecule has 0 saturated carbocycles. The number of amides is 3. The van der Waals surface area contributed by atoms with Crippen molar-refractivity contribution in [3.05, 3.63) is 35.4 Å².